The number of carbonyl (C=O) groups excluding carboxylic acids is 1. The van der Waals surface area contributed by atoms with Crippen LogP contribution in [0.25, 0.3) is 0 Å². The number of aliphatic carboxylic acids is 1. The van der Waals surface area contributed by atoms with Crippen LogP contribution in [0.3, 0.4) is 0 Å². The van der Waals surface area contributed by atoms with Gasteiger partial charge in [-0.2, -0.15) is 0 Å². The number of carboxylic acid groups (broad SMARTS) is 1. The van der Waals surface area contributed by atoms with E-state index in [-0.39, 0.29) is 34.1 Å². The first-order valence-electron chi connectivity index (χ1n) is 14.8. The van der Waals surface area contributed by atoms with Crippen molar-refractivity contribution in [3.05, 3.63) is 12.2 Å². The van der Waals surface area contributed by atoms with Crippen LogP contribution in [-0.2, 0) is 14.3 Å². The Kier molecular flexibility index (Phi) is 6.12. The van der Waals surface area contributed by atoms with Crippen molar-refractivity contribution in [1.29, 1.82) is 0 Å². The van der Waals surface area contributed by atoms with E-state index in [9.17, 15) is 19.8 Å². The summed E-state index contributed by atoms with van der Waals surface area (Å²) in [7, 11) is 0. The zero-order chi connectivity index (χ0) is 27.3. The number of fused-ring (bicyclic) bond motifs is 7. The van der Waals surface area contributed by atoms with E-state index in [2.05, 4.69) is 48.1 Å². The summed E-state index contributed by atoms with van der Waals surface area (Å²) in [5.74, 6) is 0.325. The average molecular weight is 515 g/mol. The summed E-state index contributed by atoms with van der Waals surface area (Å²) in [5, 5.41) is 22.5. The van der Waals surface area contributed by atoms with Gasteiger partial charge < -0.3 is 14.9 Å². The van der Waals surface area contributed by atoms with Gasteiger partial charge in [0.25, 0.3) is 0 Å². The Morgan fingerprint density at radius 2 is 1.57 bits per heavy atom. The fourth-order valence-electron chi connectivity index (χ4n) is 11.8. The first kappa shape index (κ1) is 27.2. The van der Waals surface area contributed by atoms with Gasteiger partial charge in [-0.05, 0) is 104 Å². The number of esters is 1. The van der Waals surface area contributed by atoms with Gasteiger partial charge in [0.05, 0.1) is 11.5 Å². The van der Waals surface area contributed by atoms with E-state index >= 15 is 0 Å². The molecular formula is C32H50O5. The lowest BCUT2D eigenvalue weighted by Crippen LogP contribution is -2.72. The van der Waals surface area contributed by atoms with Crippen molar-refractivity contribution in [2.75, 3.05) is 0 Å². The Hall–Kier alpha value is -1.36. The van der Waals surface area contributed by atoms with Crippen LogP contribution in [0.4, 0.5) is 0 Å². The molecule has 5 saturated carbocycles. The molecule has 0 aromatic rings. The number of hydrogen-bond acceptors (Lipinski definition) is 4. The van der Waals surface area contributed by atoms with Gasteiger partial charge >= 0.3 is 11.9 Å². The standard InChI is InChI=1S/C32H50O5/c1-18(2)20-11-13-29(6)15-16-30(7)21(26(20)29)9-10-23-31(8)22(12-14-32(23,30)27(35)36)28(4,5)24(34)17-25(31)37-19(3)33/h20-26,34H,1,9-17H2,2-8H3,(H,35,36)/t20-,21+,22+,23+,24-,25+,26+,29+,30+,31-,32+/m0/s1. The second-order valence-electron chi connectivity index (χ2n) is 15.2. The predicted molar refractivity (Wildman–Crippen MR) is 144 cm³/mol. The van der Waals surface area contributed by atoms with Gasteiger partial charge in [0.15, 0.2) is 0 Å². The van der Waals surface area contributed by atoms with Crippen molar-refractivity contribution in [3.8, 4) is 0 Å². The lowest BCUT2D eigenvalue weighted by atomic mass is 9.31. The third-order valence-corrected chi connectivity index (χ3v) is 13.7. The zero-order valence-electron chi connectivity index (χ0n) is 24.2. The number of rotatable bonds is 3. The highest BCUT2D eigenvalue weighted by molar-refractivity contribution is 5.77. The van der Waals surface area contributed by atoms with Gasteiger partial charge in [-0.1, -0.05) is 46.8 Å². The fraction of sp³-hybridized carbons (Fsp3) is 0.875. The minimum Gasteiger partial charge on any atom is -0.481 e. The van der Waals surface area contributed by atoms with E-state index in [0.717, 1.165) is 32.1 Å². The normalized spacial score (nSPS) is 52.2. The number of carbonyl (C=O) groups is 2. The number of aliphatic hydroxyl groups excluding tert-OH is 1. The first-order chi connectivity index (χ1) is 17.1. The minimum atomic E-state index is -0.860. The van der Waals surface area contributed by atoms with Crippen LogP contribution in [0.15, 0.2) is 12.2 Å². The molecule has 37 heavy (non-hydrogen) atoms. The fourth-order valence-corrected chi connectivity index (χ4v) is 11.8. The van der Waals surface area contributed by atoms with E-state index in [1.54, 1.807) is 0 Å². The van der Waals surface area contributed by atoms with Gasteiger partial charge in [-0.3, -0.25) is 9.59 Å². The highest BCUT2D eigenvalue weighted by Gasteiger charge is 2.76. The molecule has 5 nitrogen and oxygen atoms in total. The van der Waals surface area contributed by atoms with Crippen LogP contribution < -0.4 is 0 Å². The molecule has 0 amide bonds. The summed E-state index contributed by atoms with van der Waals surface area (Å²) in [6, 6.07) is 0. The van der Waals surface area contributed by atoms with Crippen LogP contribution in [0.1, 0.15) is 106 Å². The van der Waals surface area contributed by atoms with Gasteiger partial charge in [0.1, 0.15) is 6.10 Å². The van der Waals surface area contributed by atoms with Gasteiger partial charge in [-0.15, -0.1) is 0 Å². The molecule has 5 aliphatic carbocycles. The molecule has 5 heteroatoms. The van der Waals surface area contributed by atoms with Gasteiger partial charge in [0.2, 0.25) is 0 Å². The molecule has 0 saturated heterocycles. The molecule has 0 aliphatic heterocycles. The van der Waals surface area contributed by atoms with Crippen molar-refractivity contribution in [3.63, 3.8) is 0 Å². The molecule has 0 unspecified atom stereocenters. The van der Waals surface area contributed by atoms with Gasteiger partial charge in [-0.25, -0.2) is 0 Å². The summed E-state index contributed by atoms with van der Waals surface area (Å²) in [6.07, 6.45) is 7.00. The van der Waals surface area contributed by atoms with Crippen molar-refractivity contribution in [2.24, 2.45) is 56.7 Å². The van der Waals surface area contributed by atoms with Crippen molar-refractivity contribution >= 4 is 11.9 Å². The van der Waals surface area contributed by atoms with E-state index in [1.165, 1.54) is 25.3 Å². The molecule has 0 radical (unpaired) electrons. The number of ether oxygens (including phenoxy) is 1. The van der Waals surface area contributed by atoms with Crippen molar-refractivity contribution in [1.82, 2.24) is 0 Å². The van der Waals surface area contributed by atoms with Gasteiger partial charge in [0, 0.05) is 18.8 Å². The van der Waals surface area contributed by atoms with Crippen LogP contribution in [0, 0.1) is 56.7 Å². The second kappa shape index (κ2) is 8.32. The Morgan fingerprint density at radius 1 is 0.892 bits per heavy atom. The predicted octanol–water partition coefficient (Wildman–Crippen LogP) is 6.63. The first-order valence-corrected chi connectivity index (χ1v) is 14.8. The molecule has 0 aromatic carbocycles. The van der Waals surface area contributed by atoms with E-state index < -0.39 is 29.0 Å². The third kappa shape index (κ3) is 3.31. The van der Waals surface area contributed by atoms with Crippen LogP contribution in [0.2, 0.25) is 0 Å². The number of allylic oxidation sites excluding steroid dienone is 1. The topological polar surface area (TPSA) is 83.8 Å². The maximum Gasteiger partial charge on any atom is 0.310 e. The SMILES string of the molecule is C=C(C)[C@@H]1CC[C@]2(C)CC[C@]3(C)[C@H](CC[C@@H]4[C@]5(C)[C@H](CC[C@]43C(=O)O)C(C)(C)[C@@H](O)C[C@H]5OC(C)=O)[C@@H]12. The summed E-state index contributed by atoms with van der Waals surface area (Å²) >= 11 is 0. The minimum absolute atomic E-state index is 0.0919. The van der Waals surface area contributed by atoms with Crippen molar-refractivity contribution in [2.45, 2.75) is 118 Å². The maximum absolute atomic E-state index is 13.8. The Morgan fingerprint density at radius 3 is 2.16 bits per heavy atom. The zero-order valence-corrected chi connectivity index (χ0v) is 24.2. The number of carboxylic acids is 1. The summed E-state index contributed by atoms with van der Waals surface area (Å²) in [4.78, 5) is 26.0. The molecular weight excluding hydrogens is 464 g/mol. The molecule has 0 bridgehead atoms. The van der Waals surface area contributed by atoms with E-state index in [0.29, 0.717) is 30.6 Å². The van der Waals surface area contributed by atoms with Crippen molar-refractivity contribution < 1.29 is 24.5 Å². The summed E-state index contributed by atoms with van der Waals surface area (Å²) in [5.41, 5.74) is -0.518. The van der Waals surface area contributed by atoms with Crippen LogP contribution >= 0.6 is 0 Å². The summed E-state index contributed by atoms with van der Waals surface area (Å²) < 4.78 is 6.00. The lowest BCUT2D eigenvalue weighted by molar-refractivity contribution is -0.279. The third-order valence-electron chi connectivity index (χ3n) is 13.7. The number of hydrogen-bond donors (Lipinski definition) is 2. The molecule has 5 rings (SSSR count). The quantitative estimate of drug-likeness (QED) is 0.326. The summed E-state index contributed by atoms with van der Waals surface area (Å²) in [6.45, 7) is 19.3. The molecule has 0 spiro atoms. The Labute approximate surface area is 223 Å². The molecule has 11 atom stereocenters. The monoisotopic (exact) mass is 514 g/mol. The Bertz CT molecular complexity index is 1000. The lowest BCUT2D eigenvalue weighted by Gasteiger charge is -2.72. The van der Waals surface area contributed by atoms with Crippen LogP contribution in [0.5, 0.6) is 0 Å². The molecule has 0 aromatic heterocycles. The average Bonchev–Trinajstić information content (AvgIpc) is 3.15. The molecule has 0 heterocycles. The largest absolute Gasteiger partial charge is 0.481 e. The van der Waals surface area contributed by atoms with E-state index in [1.807, 2.05) is 0 Å². The highest BCUT2D eigenvalue weighted by Crippen LogP contribution is 2.77. The Balaban J connectivity index is 1.66. The molecule has 2 N–H and O–H groups in total. The smallest absolute Gasteiger partial charge is 0.310 e. The maximum atomic E-state index is 13.8. The second-order valence-corrected chi connectivity index (χ2v) is 15.2. The van der Waals surface area contributed by atoms with Crippen LogP contribution in [-0.4, -0.2) is 34.4 Å². The molecule has 5 aliphatic rings. The molecule has 5 fully saturated rings. The number of aliphatic hydroxyl groups is 1. The molecule has 208 valence electrons. The highest BCUT2D eigenvalue weighted by atomic mass is 16.5. The van der Waals surface area contributed by atoms with E-state index in [4.69, 9.17) is 4.74 Å².